The van der Waals surface area contributed by atoms with Crippen LogP contribution in [0.5, 0.6) is 5.75 Å². The zero-order chi connectivity index (χ0) is 19.0. The van der Waals surface area contributed by atoms with E-state index in [0.717, 1.165) is 23.9 Å². The number of aryl methyl sites for hydroxylation is 2. The van der Waals surface area contributed by atoms with E-state index in [9.17, 15) is 4.79 Å². The summed E-state index contributed by atoms with van der Waals surface area (Å²) in [4.78, 5) is 12.4. The first-order valence-electron chi connectivity index (χ1n) is 9.48. The van der Waals surface area contributed by atoms with Gasteiger partial charge in [-0.25, -0.2) is 0 Å². The lowest BCUT2D eigenvalue weighted by Gasteiger charge is -2.19. The number of carbonyl (C=O) groups excluding carboxylic acids is 1. The maximum Gasteiger partial charge on any atom is 0.262 e. The number of rotatable bonds is 4. The highest BCUT2D eigenvalue weighted by molar-refractivity contribution is 6.05. The van der Waals surface area contributed by atoms with Crippen molar-refractivity contribution in [2.45, 2.75) is 39.0 Å². The summed E-state index contributed by atoms with van der Waals surface area (Å²) >= 11 is 0. The number of nitrogens with one attached hydrogen (secondary N) is 1. The first-order chi connectivity index (χ1) is 12.9. The van der Waals surface area contributed by atoms with Gasteiger partial charge in [-0.1, -0.05) is 57.2 Å². The fourth-order valence-corrected chi connectivity index (χ4v) is 3.74. The minimum atomic E-state index is -0.145. The molecule has 0 radical (unpaired) electrons. The monoisotopic (exact) mass is 359 g/mol. The lowest BCUT2D eigenvalue weighted by atomic mass is 9.87. The summed E-state index contributed by atoms with van der Waals surface area (Å²) in [7, 11) is 0. The summed E-state index contributed by atoms with van der Waals surface area (Å²) in [5, 5.41) is 5.43. The van der Waals surface area contributed by atoms with Gasteiger partial charge in [0.25, 0.3) is 5.91 Å². The van der Waals surface area contributed by atoms with Gasteiger partial charge in [-0.3, -0.25) is 4.79 Å². The number of amides is 1. The molecule has 0 saturated carbocycles. The molecular formula is C24H25NO2. The Morgan fingerprint density at radius 1 is 0.963 bits per heavy atom. The van der Waals surface area contributed by atoms with Crippen LogP contribution in [0, 0.1) is 0 Å². The molecule has 27 heavy (non-hydrogen) atoms. The standard InChI is InChI=1S/C24H25NO2/c1-24(2,3)18-10-12-19(13-11-18)27-15-22(26)25-21-14-9-17-8-7-16-5-4-6-20(21)23(16)17/h4-6,9-14H,7-8,15H2,1-3H3,(H,25,26). The molecule has 4 rings (SSSR count). The molecule has 138 valence electrons. The topological polar surface area (TPSA) is 38.3 Å². The van der Waals surface area contributed by atoms with E-state index >= 15 is 0 Å². The normalized spacial score (nSPS) is 13.0. The molecule has 3 heteroatoms. The molecule has 1 aliphatic rings. The lowest BCUT2D eigenvalue weighted by Crippen LogP contribution is -2.20. The van der Waals surface area contributed by atoms with E-state index in [1.54, 1.807) is 0 Å². The summed E-state index contributed by atoms with van der Waals surface area (Å²) < 4.78 is 5.67. The van der Waals surface area contributed by atoms with Gasteiger partial charge in [0.1, 0.15) is 5.75 Å². The van der Waals surface area contributed by atoms with Crippen molar-refractivity contribution in [2.24, 2.45) is 0 Å². The second kappa shape index (κ2) is 6.73. The molecule has 0 aromatic heterocycles. The van der Waals surface area contributed by atoms with Crippen molar-refractivity contribution in [2.75, 3.05) is 11.9 Å². The van der Waals surface area contributed by atoms with E-state index in [0.29, 0.717) is 5.75 Å². The first-order valence-corrected chi connectivity index (χ1v) is 9.48. The molecule has 0 unspecified atom stereocenters. The maximum absolute atomic E-state index is 12.4. The van der Waals surface area contributed by atoms with Gasteiger partial charge < -0.3 is 10.1 Å². The number of hydrogen-bond donors (Lipinski definition) is 1. The van der Waals surface area contributed by atoms with E-state index in [4.69, 9.17) is 4.74 Å². The van der Waals surface area contributed by atoms with Crippen LogP contribution in [-0.2, 0) is 23.1 Å². The predicted molar refractivity (Wildman–Crippen MR) is 111 cm³/mol. The minimum Gasteiger partial charge on any atom is -0.484 e. The van der Waals surface area contributed by atoms with Crippen LogP contribution in [-0.4, -0.2) is 12.5 Å². The molecule has 3 aromatic rings. The van der Waals surface area contributed by atoms with Gasteiger partial charge in [-0.2, -0.15) is 0 Å². The Hall–Kier alpha value is -2.81. The Labute approximate surface area is 160 Å². The zero-order valence-electron chi connectivity index (χ0n) is 16.1. The third-order valence-electron chi connectivity index (χ3n) is 5.24. The molecule has 0 saturated heterocycles. The maximum atomic E-state index is 12.4. The van der Waals surface area contributed by atoms with Crippen molar-refractivity contribution < 1.29 is 9.53 Å². The van der Waals surface area contributed by atoms with Gasteiger partial charge in [0.15, 0.2) is 6.61 Å². The summed E-state index contributed by atoms with van der Waals surface area (Å²) in [6.07, 6.45) is 2.16. The number of benzene rings is 3. The smallest absolute Gasteiger partial charge is 0.262 e. The van der Waals surface area contributed by atoms with Crippen LogP contribution in [0.1, 0.15) is 37.5 Å². The summed E-state index contributed by atoms with van der Waals surface area (Å²) in [6, 6.07) is 18.4. The van der Waals surface area contributed by atoms with Gasteiger partial charge in [-0.05, 0) is 58.5 Å². The van der Waals surface area contributed by atoms with E-state index < -0.39 is 0 Å². The van der Waals surface area contributed by atoms with Gasteiger partial charge in [0, 0.05) is 11.1 Å². The largest absolute Gasteiger partial charge is 0.484 e. The molecule has 0 heterocycles. The van der Waals surface area contributed by atoms with Gasteiger partial charge >= 0.3 is 0 Å². The van der Waals surface area contributed by atoms with Crippen molar-refractivity contribution >= 4 is 22.4 Å². The lowest BCUT2D eigenvalue weighted by molar-refractivity contribution is -0.118. The van der Waals surface area contributed by atoms with Gasteiger partial charge in [0.05, 0.1) is 0 Å². The molecule has 0 bridgehead atoms. The summed E-state index contributed by atoms with van der Waals surface area (Å²) in [6.45, 7) is 6.52. The molecule has 1 aliphatic carbocycles. The molecule has 0 spiro atoms. The van der Waals surface area contributed by atoms with Crippen molar-refractivity contribution in [3.63, 3.8) is 0 Å². The average molecular weight is 359 g/mol. The van der Waals surface area contributed by atoms with Gasteiger partial charge in [-0.15, -0.1) is 0 Å². The molecule has 0 atom stereocenters. The minimum absolute atomic E-state index is 0.00218. The van der Waals surface area contributed by atoms with Crippen molar-refractivity contribution in [1.29, 1.82) is 0 Å². The summed E-state index contributed by atoms with van der Waals surface area (Å²) in [5.41, 5.74) is 4.94. The van der Waals surface area contributed by atoms with Crippen molar-refractivity contribution in [3.05, 3.63) is 71.3 Å². The molecule has 1 N–H and O–H groups in total. The third kappa shape index (κ3) is 3.55. The van der Waals surface area contributed by atoms with Crippen LogP contribution in [0.2, 0.25) is 0 Å². The molecule has 0 fully saturated rings. The Kier molecular flexibility index (Phi) is 4.39. The van der Waals surface area contributed by atoms with Crippen molar-refractivity contribution in [1.82, 2.24) is 0 Å². The number of hydrogen-bond acceptors (Lipinski definition) is 2. The predicted octanol–water partition coefficient (Wildman–Crippen LogP) is 5.25. The molecule has 3 nitrogen and oxygen atoms in total. The fraction of sp³-hybridized carbons (Fsp3) is 0.292. The second-order valence-electron chi connectivity index (χ2n) is 8.22. The molecule has 0 aliphatic heterocycles. The third-order valence-corrected chi connectivity index (χ3v) is 5.24. The Morgan fingerprint density at radius 3 is 2.37 bits per heavy atom. The second-order valence-corrected chi connectivity index (χ2v) is 8.22. The average Bonchev–Trinajstić information content (AvgIpc) is 3.07. The van der Waals surface area contributed by atoms with Crippen LogP contribution in [0.25, 0.3) is 10.8 Å². The van der Waals surface area contributed by atoms with Crippen LogP contribution >= 0.6 is 0 Å². The van der Waals surface area contributed by atoms with E-state index in [-0.39, 0.29) is 17.9 Å². The van der Waals surface area contributed by atoms with Crippen molar-refractivity contribution in [3.8, 4) is 5.75 Å². The molecule has 1 amide bonds. The zero-order valence-corrected chi connectivity index (χ0v) is 16.1. The first kappa shape index (κ1) is 17.6. The van der Waals surface area contributed by atoms with Crippen LogP contribution < -0.4 is 10.1 Å². The Bertz CT molecular complexity index is 987. The van der Waals surface area contributed by atoms with Gasteiger partial charge in [0.2, 0.25) is 0 Å². The van der Waals surface area contributed by atoms with Crippen LogP contribution in [0.15, 0.2) is 54.6 Å². The Balaban J connectivity index is 1.44. The number of ether oxygens (including phenoxy) is 1. The highest BCUT2D eigenvalue weighted by atomic mass is 16.5. The SMILES string of the molecule is CC(C)(C)c1ccc(OCC(=O)Nc2ccc3c4c(cccc24)CC3)cc1. The fourth-order valence-electron chi connectivity index (χ4n) is 3.74. The van der Waals surface area contributed by atoms with E-state index in [2.05, 4.69) is 62.5 Å². The van der Waals surface area contributed by atoms with E-state index in [1.807, 2.05) is 18.2 Å². The molecule has 3 aromatic carbocycles. The van der Waals surface area contributed by atoms with Crippen LogP contribution in [0.4, 0.5) is 5.69 Å². The van der Waals surface area contributed by atoms with Crippen LogP contribution in [0.3, 0.4) is 0 Å². The van der Waals surface area contributed by atoms with E-state index in [1.165, 1.54) is 22.1 Å². The summed E-state index contributed by atoms with van der Waals surface area (Å²) in [5.74, 6) is 0.562. The number of carbonyl (C=O) groups is 1. The highest BCUT2D eigenvalue weighted by Crippen LogP contribution is 2.35. The highest BCUT2D eigenvalue weighted by Gasteiger charge is 2.17. The number of anilines is 1. The Morgan fingerprint density at radius 2 is 1.67 bits per heavy atom. The molecular weight excluding hydrogens is 334 g/mol. The quantitative estimate of drug-likeness (QED) is 0.690.